The summed E-state index contributed by atoms with van der Waals surface area (Å²) >= 11 is 0. The molecule has 1 fully saturated rings. The van der Waals surface area contributed by atoms with Crippen molar-refractivity contribution < 1.29 is 33.4 Å². The molecule has 5 rings (SSSR count). The highest BCUT2D eigenvalue weighted by atomic mass is 16.5. The van der Waals surface area contributed by atoms with Crippen LogP contribution in [0.4, 0.5) is 0 Å². The van der Waals surface area contributed by atoms with Gasteiger partial charge >= 0.3 is 0 Å². The highest BCUT2D eigenvalue weighted by Crippen LogP contribution is 2.21. The number of carbonyl (C=O) groups is 5. The SMILES string of the molecule is C[C@@H]1NC(=O)CCCN(C)C(=O)CC[C@@H](C(=O)NCc2ccccc2CN2CCOCC2)NC(=O)c2ccccc2OC[C@H](Cc2ccccc2)N(C)C1=O. The summed E-state index contributed by atoms with van der Waals surface area (Å²) in [7, 11) is 3.32. The lowest BCUT2D eigenvalue weighted by Crippen LogP contribution is -2.51. The second-order valence-corrected chi connectivity index (χ2v) is 14.2. The Labute approximate surface area is 323 Å². The third-order valence-electron chi connectivity index (χ3n) is 10.2. The Kier molecular flexibility index (Phi) is 15.2. The van der Waals surface area contributed by atoms with Crippen LogP contribution in [0, 0.1) is 0 Å². The highest BCUT2D eigenvalue weighted by molar-refractivity contribution is 5.99. The summed E-state index contributed by atoms with van der Waals surface area (Å²) in [4.78, 5) is 72.9. The van der Waals surface area contributed by atoms with E-state index >= 15 is 0 Å². The molecule has 2 aliphatic rings. The minimum atomic E-state index is -1.03. The number of hydrogen-bond donors (Lipinski definition) is 3. The van der Waals surface area contributed by atoms with Crippen LogP contribution in [0.1, 0.15) is 59.7 Å². The van der Waals surface area contributed by atoms with Crippen molar-refractivity contribution in [2.24, 2.45) is 0 Å². The van der Waals surface area contributed by atoms with Crippen LogP contribution in [-0.4, -0.2) is 116 Å². The minimum Gasteiger partial charge on any atom is -0.491 e. The Morgan fingerprint density at radius 3 is 2.29 bits per heavy atom. The smallest absolute Gasteiger partial charge is 0.255 e. The van der Waals surface area contributed by atoms with E-state index in [-0.39, 0.29) is 61.4 Å². The van der Waals surface area contributed by atoms with E-state index in [0.29, 0.717) is 32.6 Å². The zero-order valence-corrected chi connectivity index (χ0v) is 32.1. The Balaban J connectivity index is 1.37. The van der Waals surface area contributed by atoms with Crippen LogP contribution in [0.15, 0.2) is 78.9 Å². The van der Waals surface area contributed by atoms with Gasteiger partial charge in [-0.25, -0.2) is 0 Å². The molecule has 2 heterocycles. The molecule has 3 aromatic carbocycles. The third kappa shape index (κ3) is 12.1. The van der Waals surface area contributed by atoms with Gasteiger partial charge in [0, 0.05) is 59.7 Å². The molecule has 2 aliphatic heterocycles. The summed E-state index contributed by atoms with van der Waals surface area (Å²) in [5.74, 6) is -1.47. The first kappa shape index (κ1) is 40.9. The molecule has 1 saturated heterocycles. The molecule has 0 radical (unpaired) electrons. The third-order valence-corrected chi connectivity index (χ3v) is 10.2. The summed E-state index contributed by atoms with van der Waals surface area (Å²) in [5.41, 5.74) is 3.25. The first-order valence-electron chi connectivity index (χ1n) is 19.1. The predicted molar refractivity (Wildman–Crippen MR) is 208 cm³/mol. The maximum absolute atomic E-state index is 14.0. The minimum absolute atomic E-state index is 0.00807. The largest absolute Gasteiger partial charge is 0.491 e. The topological polar surface area (TPSA) is 150 Å². The normalized spacial score (nSPS) is 21.5. The van der Waals surface area contributed by atoms with Crippen molar-refractivity contribution in [1.82, 2.24) is 30.7 Å². The summed E-state index contributed by atoms with van der Waals surface area (Å²) < 4.78 is 11.8. The van der Waals surface area contributed by atoms with Crippen LogP contribution >= 0.6 is 0 Å². The lowest BCUT2D eigenvalue weighted by Gasteiger charge is -2.31. The lowest BCUT2D eigenvalue weighted by molar-refractivity contribution is -0.137. The number of nitrogens with zero attached hydrogens (tertiary/aromatic N) is 3. The Bertz CT molecular complexity index is 1770. The highest BCUT2D eigenvalue weighted by Gasteiger charge is 2.29. The quantitative estimate of drug-likeness (QED) is 0.334. The fourth-order valence-electron chi connectivity index (χ4n) is 6.78. The number of likely N-dealkylation sites (N-methyl/N-ethyl adjacent to an activating group) is 1. The molecule has 0 spiro atoms. The molecule has 0 bridgehead atoms. The van der Waals surface area contributed by atoms with E-state index in [9.17, 15) is 24.0 Å². The van der Waals surface area contributed by atoms with Gasteiger partial charge in [0.15, 0.2) is 0 Å². The van der Waals surface area contributed by atoms with Gasteiger partial charge in [0.1, 0.15) is 24.4 Å². The molecule has 0 aliphatic carbocycles. The van der Waals surface area contributed by atoms with Gasteiger partial charge in [-0.2, -0.15) is 0 Å². The van der Waals surface area contributed by atoms with E-state index in [2.05, 4.69) is 20.9 Å². The molecule has 13 nitrogen and oxygen atoms in total. The van der Waals surface area contributed by atoms with E-state index in [1.54, 1.807) is 50.2 Å². The standard InChI is InChI=1S/C42H54N6O7/c1-30-42(53)47(3)34(26-31-12-5-4-6-13-31)29-55-37-17-10-9-16-35(37)40(51)45-36(19-20-39(50)46(2)21-11-18-38(49)44-30)41(52)43-27-32-14-7-8-15-33(32)28-48-22-24-54-25-23-48/h4-10,12-17,30,34,36H,11,18-29H2,1-3H3,(H,43,52)(H,44,49)(H,45,51)/t30-,34-,36-/m0/s1. The summed E-state index contributed by atoms with van der Waals surface area (Å²) in [6.45, 7) is 6.01. The molecule has 0 unspecified atom stereocenters. The summed E-state index contributed by atoms with van der Waals surface area (Å²) in [6.07, 6.45) is 1.03. The van der Waals surface area contributed by atoms with Gasteiger partial charge in [0.25, 0.3) is 5.91 Å². The first-order chi connectivity index (χ1) is 26.6. The predicted octanol–water partition coefficient (Wildman–Crippen LogP) is 2.92. The van der Waals surface area contributed by atoms with E-state index in [1.165, 1.54) is 4.90 Å². The van der Waals surface area contributed by atoms with Crippen molar-refractivity contribution in [2.45, 2.75) is 70.2 Å². The van der Waals surface area contributed by atoms with E-state index in [0.717, 1.165) is 36.3 Å². The molecule has 3 N–H and O–H groups in total. The number of carbonyl (C=O) groups excluding carboxylic acids is 5. The second-order valence-electron chi connectivity index (χ2n) is 14.2. The number of rotatable bonds is 7. The monoisotopic (exact) mass is 754 g/mol. The first-order valence-corrected chi connectivity index (χ1v) is 19.1. The van der Waals surface area contributed by atoms with Crippen molar-refractivity contribution in [1.29, 1.82) is 0 Å². The number of benzene rings is 3. The van der Waals surface area contributed by atoms with Gasteiger partial charge in [-0.05, 0) is 55.0 Å². The Morgan fingerprint density at radius 1 is 0.836 bits per heavy atom. The average molecular weight is 755 g/mol. The van der Waals surface area contributed by atoms with Crippen molar-refractivity contribution in [3.05, 3.63) is 101 Å². The number of nitrogens with one attached hydrogen (secondary N) is 3. The second kappa shape index (κ2) is 20.4. The van der Waals surface area contributed by atoms with E-state index in [1.807, 2.05) is 54.6 Å². The Morgan fingerprint density at radius 2 is 1.53 bits per heavy atom. The van der Waals surface area contributed by atoms with Crippen molar-refractivity contribution >= 4 is 29.5 Å². The molecule has 3 aromatic rings. The fourth-order valence-corrected chi connectivity index (χ4v) is 6.78. The van der Waals surface area contributed by atoms with E-state index in [4.69, 9.17) is 9.47 Å². The number of morpholine rings is 1. The molecule has 3 atom stereocenters. The number of amides is 5. The van der Waals surface area contributed by atoms with Gasteiger partial charge in [0.2, 0.25) is 23.6 Å². The summed E-state index contributed by atoms with van der Waals surface area (Å²) in [6, 6.07) is 22.1. The lowest BCUT2D eigenvalue weighted by atomic mass is 10.0. The van der Waals surface area contributed by atoms with E-state index < -0.39 is 29.9 Å². The number of para-hydroxylation sites is 1. The molecule has 0 aromatic heterocycles. The molecular weight excluding hydrogens is 700 g/mol. The maximum atomic E-state index is 14.0. The van der Waals surface area contributed by atoms with Crippen LogP contribution in [0.25, 0.3) is 0 Å². The number of ether oxygens (including phenoxy) is 2. The van der Waals surface area contributed by atoms with Crippen molar-refractivity contribution in [3.8, 4) is 5.75 Å². The molecule has 294 valence electrons. The molecule has 0 saturated carbocycles. The van der Waals surface area contributed by atoms with Crippen LogP contribution in [0.2, 0.25) is 0 Å². The van der Waals surface area contributed by atoms with Crippen LogP contribution in [-0.2, 0) is 43.4 Å². The maximum Gasteiger partial charge on any atom is 0.255 e. The average Bonchev–Trinajstić information content (AvgIpc) is 3.20. The van der Waals surface area contributed by atoms with Crippen LogP contribution in [0.5, 0.6) is 5.75 Å². The number of fused-ring (bicyclic) bond motifs is 1. The molecular formula is C42H54N6O7. The van der Waals surface area contributed by atoms with Gasteiger partial charge < -0.3 is 35.2 Å². The van der Waals surface area contributed by atoms with Crippen LogP contribution < -0.4 is 20.7 Å². The van der Waals surface area contributed by atoms with Gasteiger partial charge in [0.05, 0.1) is 24.8 Å². The van der Waals surface area contributed by atoms with Crippen molar-refractivity contribution in [3.63, 3.8) is 0 Å². The van der Waals surface area contributed by atoms with Gasteiger partial charge in [-0.1, -0.05) is 66.7 Å². The van der Waals surface area contributed by atoms with Crippen LogP contribution in [0.3, 0.4) is 0 Å². The Hall–Kier alpha value is -5.27. The van der Waals surface area contributed by atoms with Gasteiger partial charge in [-0.15, -0.1) is 0 Å². The zero-order chi connectivity index (χ0) is 39.2. The summed E-state index contributed by atoms with van der Waals surface area (Å²) in [5, 5.41) is 8.69. The zero-order valence-electron chi connectivity index (χ0n) is 32.1. The molecule has 13 heteroatoms. The fraction of sp³-hybridized carbons (Fsp3) is 0.452. The molecule has 55 heavy (non-hydrogen) atoms. The van der Waals surface area contributed by atoms with Gasteiger partial charge in [-0.3, -0.25) is 28.9 Å². The number of hydrogen-bond acceptors (Lipinski definition) is 8. The molecule has 5 amide bonds. The van der Waals surface area contributed by atoms with Crippen molar-refractivity contribution in [2.75, 3.05) is 53.6 Å².